The van der Waals surface area contributed by atoms with E-state index in [1.54, 1.807) is 0 Å². The molecule has 17 rings (SSSR count). The van der Waals surface area contributed by atoms with Crippen LogP contribution < -0.4 is 0 Å². The molecule has 0 aliphatic carbocycles. The number of fused-ring (bicyclic) bond motifs is 9. The lowest BCUT2D eigenvalue weighted by Gasteiger charge is -2.23. The lowest BCUT2D eigenvalue weighted by atomic mass is 9.86. The van der Waals surface area contributed by atoms with Gasteiger partial charge in [0.15, 0.2) is 0 Å². The van der Waals surface area contributed by atoms with Crippen molar-refractivity contribution in [1.29, 1.82) is 0 Å². The fourth-order valence-electron chi connectivity index (χ4n) is 14.1. The summed E-state index contributed by atoms with van der Waals surface area (Å²) in [6, 6.07) is 122. The molecule has 0 fully saturated rings. The highest BCUT2D eigenvalue weighted by Crippen LogP contribution is 2.40. The van der Waals surface area contributed by atoms with Crippen molar-refractivity contribution in [1.82, 2.24) is 23.7 Å². The Bertz CT molecular complexity index is 5570. The van der Waals surface area contributed by atoms with Crippen molar-refractivity contribution in [2.45, 2.75) is 157 Å². The SMILES string of the molecule is CC(C)(C)c1cc(-n2c3ccccc3c3ccccc32)cc(-n2c3ccccc3c3ccccc32)c1.CC(C)(C)c1ccc(-c2ccccc2)cc1.CC(C)(C)c1cccc(-c2ccccc2)n1.CC(C)(C)c1cccc(-n2c3ccccc3c3ccccc32)n1.CC(C)(C)c1ccccc1.CC(C)(C)c1ccccc1. The molecule has 0 aliphatic rings. The Kier molecular flexibility index (Phi) is 23.7. The first-order valence-electron chi connectivity index (χ1n) is 39.3. The van der Waals surface area contributed by atoms with Crippen LogP contribution in [0.4, 0.5) is 0 Å². The number of benzene rings is 12. The number of rotatable bonds is 5. The zero-order chi connectivity index (χ0) is 78.9. The van der Waals surface area contributed by atoms with E-state index < -0.39 is 0 Å². The van der Waals surface area contributed by atoms with Gasteiger partial charge in [-0.05, 0) is 134 Å². The van der Waals surface area contributed by atoms with Crippen molar-refractivity contribution in [3.05, 3.63) is 379 Å². The van der Waals surface area contributed by atoms with Crippen molar-refractivity contribution in [2.75, 3.05) is 0 Å². The zero-order valence-electron chi connectivity index (χ0n) is 68.6. The Morgan fingerprint density at radius 1 is 0.189 bits per heavy atom. The second kappa shape index (κ2) is 33.3. The van der Waals surface area contributed by atoms with Crippen LogP contribution in [0.5, 0.6) is 0 Å². The van der Waals surface area contributed by atoms with Gasteiger partial charge in [0, 0.05) is 71.5 Å². The topological polar surface area (TPSA) is 40.6 Å². The van der Waals surface area contributed by atoms with Crippen LogP contribution in [-0.2, 0) is 32.5 Å². The van der Waals surface area contributed by atoms with E-state index in [9.17, 15) is 0 Å². The maximum absolute atomic E-state index is 4.95. The summed E-state index contributed by atoms with van der Waals surface area (Å²) in [6.45, 7) is 40.1. The average Bonchev–Trinajstić information content (AvgIpc) is 1.62. The van der Waals surface area contributed by atoms with E-state index >= 15 is 0 Å². The molecule has 0 aliphatic heterocycles. The molecular weight excluding hydrogens is 1340 g/mol. The van der Waals surface area contributed by atoms with Crippen molar-refractivity contribution in [2.24, 2.45) is 0 Å². The average molecular weight is 1460 g/mol. The summed E-state index contributed by atoms with van der Waals surface area (Å²) < 4.78 is 7.12. The minimum absolute atomic E-state index is 0.00226. The van der Waals surface area contributed by atoms with Gasteiger partial charge in [-0.2, -0.15) is 0 Å². The monoisotopic (exact) mass is 1450 g/mol. The van der Waals surface area contributed by atoms with E-state index in [-0.39, 0.29) is 21.7 Å². The van der Waals surface area contributed by atoms with Crippen molar-refractivity contribution in [3.8, 4) is 39.6 Å². The molecule has 560 valence electrons. The van der Waals surface area contributed by atoms with Crippen molar-refractivity contribution >= 4 is 65.4 Å². The predicted octanol–water partition coefficient (Wildman–Crippen LogP) is 29.3. The van der Waals surface area contributed by atoms with Gasteiger partial charge in [0.25, 0.3) is 0 Å². The van der Waals surface area contributed by atoms with Crippen LogP contribution in [0.25, 0.3) is 105 Å². The number of aromatic nitrogens is 5. The van der Waals surface area contributed by atoms with Crippen LogP contribution in [-0.4, -0.2) is 23.7 Å². The first-order valence-corrected chi connectivity index (χ1v) is 39.3. The summed E-state index contributed by atoms with van der Waals surface area (Å²) in [4.78, 5) is 9.66. The van der Waals surface area contributed by atoms with Gasteiger partial charge in [-0.25, -0.2) is 4.98 Å². The number of para-hydroxylation sites is 6. The van der Waals surface area contributed by atoms with Gasteiger partial charge in [-0.3, -0.25) is 9.55 Å². The van der Waals surface area contributed by atoms with Crippen molar-refractivity contribution in [3.63, 3.8) is 0 Å². The summed E-state index contributed by atoms with van der Waals surface area (Å²) in [5, 5.41) is 7.68. The maximum atomic E-state index is 4.95. The largest absolute Gasteiger partial charge is 0.309 e. The van der Waals surface area contributed by atoms with Crippen LogP contribution in [0.15, 0.2) is 346 Å². The Balaban J connectivity index is 0.000000132. The van der Waals surface area contributed by atoms with Gasteiger partial charge in [0.1, 0.15) is 5.82 Å². The molecule has 0 unspecified atom stereocenters. The molecule has 5 nitrogen and oxygen atoms in total. The second-order valence-corrected chi connectivity index (χ2v) is 35.2. The molecule has 0 radical (unpaired) electrons. The van der Waals surface area contributed by atoms with Crippen LogP contribution in [0, 0.1) is 0 Å². The fraction of sp³-hybridized carbons (Fsp3) is 0.226. The third-order valence-electron chi connectivity index (χ3n) is 20.5. The van der Waals surface area contributed by atoms with Crippen LogP contribution >= 0.6 is 0 Å². The molecule has 0 saturated heterocycles. The lowest BCUT2D eigenvalue weighted by Crippen LogP contribution is -2.14. The molecule has 12 aromatic carbocycles. The van der Waals surface area contributed by atoms with E-state index in [0.717, 1.165) is 22.9 Å². The third-order valence-corrected chi connectivity index (χ3v) is 20.5. The quantitative estimate of drug-likeness (QED) is 0.172. The molecule has 17 aromatic rings. The van der Waals surface area contributed by atoms with Crippen LogP contribution in [0.2, 0.25) is 0 Å². The smallest absolute Gasteiger partial charge is 0.137 e. The summed E-state index contributed by atoms with van der Waals surface area (Å²) in [7, 11) is 0. The van der Waals surface area contributed by atoms with E-state index in [4.69, 9.17) is 9.97 Å². The molecule has 5 heterocycles. The van der Waals surface area contributed by atoms with Gasteiger partial charge in [-0.15, -0.1) is 0 Å². The van der Waals surface area contributed by atoms with Gasteiger partial charge < -0.3 is 9.13 Å². The van der Waals surface area contributed by atoms with Gasteiger partial charge in [0.2, 0.25) is 0 Å². The highest BCUT2D eigenvalue weighted by atomic mass is 15.1. The molecular formula is C106H111N5. The Hall–Kier alpha value is -11.7. The second-order valence-electron chi connectivity index (χ2n) is 35.2. The lowest BCUT2D eigenvalue weighted by molar-refractivity contribution is 0.568. The highest BCUT2D eigenvalue weighted by Gasteiger charge is 2.24. The predicted molar refractivity (Wildman–Crippen MR) is 480 cm³/mol. The molecule has 0 bridgehead atoms. The maximum Gasteiger partial charge on any atom is 0.137 e. The highest BCUT2D eigenvalue weighted by molar-refractivity contribution is 6.11. The first kappa shape index (κ1) is 78.9. The summed E-state index contributed by atoms with van der Waals surface area (Å²) in [5.74, 6) is 0.981. The Labute approximate surface area is 661 Å². The summed E-state index contributed by atoms with van der Waals surface area (Å²) in [5.41, 5.74) is 23.2. The van der Waals surface area contributed by atoms with Gasteiger partial charge >= 0.3 is 0 Å². The number of nitrogens with zero attached hydrogens (tertiary/aromatic N) is 5. The fourth-order valence-corrected chi connectivity index (χ4v) is 14.1. The van der Waals surface area contributed by atoms with E-state index in [1.165, 1.54) is 116 Å². The van der Waals surface area contributed by atoms with Crippen LogP contribution in [0.3, 0.4) is 0 Å². The third kappa shape index (κ3) is 18.8. The minimum atomic E-state index is 0.00226. The van der Waals surface area contributed by atoms with Crippen molar-refractivity contribution < 1.29 is 0 Å². The molecule has 0 amide bonds. The minimum Gasteiger partial charge on any atom is -0.309 e. The molecule has 0 N–H and O–H groups in total. The molecule has 0 atom stereocenters. The number of hydrogen-bond acceptors (Lipinski definition) is 2. The number of pyridine rings is 2. The molecule has 111 heavy (non-hydrogen) atoms. The standard InChI is InChI=1S/C34H28N2.C21H20N2.C16H18.C15H17N.2C10H14/c1-34(2,3)23-20-24(35-30-16-8-4-12-26(30)27-13-5-9-17-31(27)35)22-25(21-23)36-32-18-10-6-14-28(32)29-15-7-11-19-33(29)36;1-21(2,3)19-13-8-14-20(22-19)23-17-11-6-4-9-15(17)16-10-5-7-12-18(16)23;1-16(2,3)15-11-9-14(10-12-15)13-7-5-4-6-8-13;1-15(2,3)14-11-7-10-13(16-14)12-8-5-4-6-9-12;2*1-10(2,3)9-7-5-4-6-8-9/h4-22H,1-3H3;4-14H,1-3H3;4-12H,1-3H3;4-11H,1-3H3;2*4-8H,1-3H3. The first-order chi connectivity index (χ1) is 52.9. The Morgan fingerprint density at radius 3 is 0.784 bits per heavy atom. The molecule has 5 heteroatoms. The molecule has 0 spiro atoms. The zero-order valence-corrected chi connectivity index (χ0v) is 68.6. The number of hydrogen-bond donors (Lipinski definition) is 0. The molecule has 5 aromatic heterocycles. The van der Waals surface area contributed by atoms with E-state index in [0.29, 0.717) is 10.8 Å². The van der Waals surface area contributed by atoms with Gasteiger partial charge in [-0.1, -0.05) is 392 Å². The van der Waals surface area contributed by atoms with E-state index in [1.807, 2.05) is 24.3 Å². The normalized spacial score (nSPS) is 11.9. The van der Waals surface area contributed by atoms with Crippen LogP contribution in [0.1, 0.15) is 158 Å². The van der Waals surface area contributed by atoms with E-state index in [2.05, 4.69) is 460 Å². The Morgan fingerprint density at radius 2 is 0.459 bits per heavy atom. The summed E-state index contributed by atoms with van der Waals surface area (Å²) in [6.07, 6.45) is 0. The summed E-state index contributed by atoms with van der Waals surface area (Å²) >= 11 is 0. The molecule has 0 saturated carbocycles. The van der Waals surface area contributed by atoms with Gasteiger partial charge in [0.05, 0.1) is 38.8 Å².